The lowest BCUT2D eigenvalue weighted by Crippen LogP contribution is -2.10. The Morgan fingerprint density at radius 2 is 1.94 bits per heavy atom. The minimum Gasteiger partial charge on any atom is -0.494 e. The third kappa shape index (κ3) is 2.09. The molecule has 0 aliphatic heterocycles. The van der Waals surface area contributed by atoms with Crippen molar-refractivity contribution < 1.29 is 17.9 Å². The van der Waals surface area contributed by atoms with Crippen molar-refractivity contribution in [2.24, 2.45) is 7.05 Å². The number of aryl methyl sites for hydroxylation is 1. The smallest absolute Gasteiger partial charge is 0.431 e. The van der Waals surface area contributed by atoms with E-state index in [9.17, 15) is 13.2 Å². The van der Waals surface area contributed by atoms with Crippen LogP contribution in [0.4, 0.5) is 13.2 Å². The molecule has 1 aromatic carbocycles. The number of alkyl halides is 3. The van der Waals surface area contributed by atoms with E-state index in [1.54, 1.807) is 18.2 Å². The van der Waals surface area contributed by atoms with Crippen molar-refractivity contribution >= 4 is 10.9 Å². The van der Waals surface area contributed by atoms with Gasteiger partial charge in [0.05, 0.1) is 6.61 Å². The van der Waals surface area contributed by atoms with Crippen molar-refractivity contribution in [2.75, 3.05) is 6.61 Å². The Morgan fingerprint density at radius 3 is 2.53 bits per heavy atom. The summed E-state index contributed by atoms with van der Waals surface area (Å²) in [5, 5.41) is 0.533. The lowest BCUT2D eigenvalue weighted by molar-refractivity contribution is -0.142. The molecular weight excluding hydrogens is 231 g/mol. The number of nitrogens with zero attached hydrogens (tertiary/aromatic N) is 1. The predicted octanol–water partition coefficient (Wildman–Crippen LogP) is 3.60. The van der Waals surface area contributed by atoms with Crippen LogP contribution in [0.3, 0.4) is 0 Å². The van der Waals surface area contributed by atoms with Gasteiger partial charge in [0.15, 0.2) is 0 Å². The minimum absolute atomic E-state index is 0.491. The molecule has 2 rings (SSSR count). The molecule has 0 saturated heterocycles. The van der Waals surface area contributed by atoms with E-state index in [0.717, 1.165) is 10.6 Å². The van der Waals surface area contributed by atoms with Crippen molar-refractivity contribution in [3.63, 3.8) is 0 Å². The topological polar surface area (TPSA) is 14.2 Å². The Kier molecular flexibility index (Phi) is 2.77. The fraction of sp³-hybridized carbons (Fsp3) is 0.333. The highest BCUT2D eigenvalue weighted by molar-refractivity contribution is 5.83. The molecule has 2 aromatic rings. The number of rotatable bonds is 2. The molecule has 2 nitrogen and oxygen atoms in total. The summed E-state index contributed by atoms with van der Waals surface area (Å²) in [6, 6.07) is 6.06. The van der Waals surface area contributed by atoms with E-state index < -0.39 is 11.9 Å². The van der Waals surface area contributed by atoms with Crippen molar-refractivity contribution in [1.82, 2.24) is 4.57 Å². The fourth-order valence-corrected chi connectivity index (χ4v) is 1.86. The van der Waals surface area contributed by atoms with Gasteiger partial charge in [-0.3, -0.25) is 0 Å². The van der Waals surface area contributed by atoms with Crippen molar-refractivity contribution in [3.8, 4) is 5.75 Å². The third-order valence-electron chi connectivity index (χ3n) is 2.62. The summed E-state index contributed by atoms with van der Waals surface area (Å²) in [4.78, 5) is 0. The highest BCUT2D eigenvalue weighted by atomic mass is 19.4. The molecule has 0 spiro atoms. The van der Waals surface area contributed by atoms with E-state index in [1.807, 2.05) is 6.92 Å². The molecule has 0 aliphatic carbocycles. The fourth-order valence-electron chi connectivity index (χ4n) is 1.86. The third-order valence-corrected chi connectivity index (χ3v) is 2.62. The molecule has 0 N–H and O–H groups in total. The van der Waals surface area contributed by atoms with Crippen LogP contribution in [0.1, 0.15) is 12.6 Å². The van der Waals surface area contributed by atoms with Gasteiger partial charge in [0.1, 0.15) is 11.4 Å². The van der Waals surface area contributed by atoms with Gasteiger partial charge in [0.2, 0.25) is 0 Å². The van der Waals surface area contributed by atoms with Gasteiger partial charge in [-0.15, -0.1) is 0 Å². The Bertz CT molecular complexity index is 542. The monoisotopic (exact) mass is 243 g/mol. The normalized spacial score (nSPS) is 12.1. The second-order valence-corrected chi connectivity index (χ2v) is 3.74. The predicted molar refractivity (Wildman–Crippen MR) is 59.1 cm³/mol. The molecular formula is C12H12F3NO. The molecule has 5 heteroatoms. The number of halogens is 3. The zero-order chi connectivity index (χ0) is 12.6. The lowest BCUT2D eigenvalue weighted by atomic mass is 10.2. The molecule has 1 heterocycles. The van der Waals surface area contributed by atoms with Crippen LogP contribution >= 0.6 is 0 Å². The maximum Gasteiger partial charge on any atom is 0.431 e. The first-order chi connectivity index (χ1) is 7.93. The summed E-state index contributed by atoms with van der Waals surface area (Å²) in [5.41, 5.74) is -0.109. The zero-order valence-corrected chi connectivity index (χ0v) is 9.51. The number of aromatic nitrogens is 1. The van der Waals surface area contributed by atoms with Crippen LogP contribution in [0.25, 0.3) is 10.9 Å². The van der Waals surface area contributed by atoms with Crippen molar-refractivity contribution in [2.45, 2.75) is 13.1 Å². The Hall–Kier alpha value is -1.65. The minimum atomic E-state index is -4.33. The summed E-state index contributed by atoms with van der Waals surface area (Å²) in [6.07, 6.45) is -4.33. The van der Waals surface area contributed by atoms with E-state index >= 15 is 0 Å². The molecule has 0 atom stereocenters. The summed E-state index contributed by atoms with van der Waals surface area (Å²) in [5.74, 6) is 0.583. The largest absolute Gasteiger partial charge is 0.494 e. The molecule has 0 bridgehead atoms. The van der Waals surface area contributed by atoms with Gasteiger partial charge >= 0.3 is 6.18 Å². The molecule has 0 radical (unpaired) electrons. The molecule has 0 unspecified atom stereocenters. The van der Waals surface area contributed by atoms with E-state index in [-0.39, 0.29) is 0 Å². The SMILES string of the molecule is CCOc1ccc2c(c1)cc(C(F)(F)F)n2C. The molecule has 0 amide bonds. The maximum atomic E-state index is 12.7. The molecule has 17 heavy (non-hydrogen) atoms. The van der Waals surface area contributed by atoms with Crippen LogP contribution in [0.2, 0.25) is 0 Å². The standard InChI is InChI=1S/C12H12F3NO/c1-3-17-9-4-5-10-8(6-9)7-11(16(10)2)12(13,14)15/h4-7H,3H2,1-2H3. The lowest BCUT2D eigenvalue weighted by Gasteiger charge is -2.07. The number of benzene rings is 1. The number of fused-ring (bicyclic) bond motifs is 1. The first kappa shape index (κ1) is 11.8. The highest BCUT2D eigenvalue weighted by Gasteiger charge is 2.34. The van der Waals surface area contributed by atoms with Gasteiger partial charge in [0, 0.05) is 18.0 Å². The molecule has 0 saturated carbocycles. The van der Waals surface area contributed by atoms with Crippen LogP contribution < -0.4 is 4.74 Å². The van der Waals surface area contributed by atoms with E-state index in [0.29, 0.717) is 23.3 Å². The average Bonchev–Trinajstić information content (AvgIpc) is 2.56. The summed E-state index contributed by atoms with van der Waals surface area (Å²) >= 11 is 0. The first-order valence-corrected chi connectivity index (χ1v) is 5.23. The van der Waals surface area contributed by atoms with Gasteiger partial charge in [-0.05, 0) is 31.2 Å². The van der Waals surface area contributed by atoms with Crippen molar-refractivity contribution in [1.29, 1.82) is 0 Å². The highest BCUT2D eigenvalue weighted by Crippen LogP contribution is 2.34. The molecule has 0 aliphatic rings. The van der Waals surface area contributed by atoms with Crippen LogP contribution in [0, 0.1) is 0 Å². The van der Waals surface area contributed by atoms with Crippen LogP contribution in [0.5, 0.6) is 5.75 Å². The Balaban J connectivity index is 2.57. The number of ether oxygens (including phenoxy) is 1. The van der Waals surface area contributed by atoms with Gasteiger partial charge in [-0.1, -0.05) is 0 Å². The van der Waals surface area contributed by atoms with Crippen LogP contribution in [-0.4, -0.2) is 11.2 Å². The Labute approximate surface area is 96.6 Å². The second-order valence-electron chi connectivity index (χ2n) is 3.74. The first-order valence-electron chi connectivity index (χ1n) is 5.23. The van der Waals surface area contributed by atoms with Gasteiger partial charge < -0.3 is 9.30 Å². The van der Waals surface area contributed by atoms with E-state index in [4.69, 9.17) is 4.74 Å². The van der Waals surface area contributed by atoms with E-state index in [1.165, 1.54) is 7.05 Å². The maximum absolute atomic E-state index is 12.7. The molecule has 92 valence electrons. The summed E-state index contributed by atoms with van der Waals surface area (Å²) < 4.78 is 44.5. The van der Waals surface area contributed by atoms with Crippen LogP contribution in [0.15, 0.2) is 24.3 Å². The van der Waals surface area contributed by atoms with E-state index in [2.05, 4.69) is 0 Å². The van der Waals surface area contributed by atoms with Crippen molar-refractivity contribution in [3.05, 3.63) is 30.0 Å². The summed E-state index contributed by atoms with van der Waals surface area (Å²) in [7, 11) is 1.41. The zero-order valence-electron chi connectivity index (χ0n) is 9.51. The van der Waals surface area contributed by atoms with Gasteiger partial charge in [0.25, 0.3) is 0 Å². The quantitative estimate of drug-likeness (QED) is 0.786. The number of hydrogen-bond donors (Lipinski definition) is 0. The van der Waals surface area contributed by atoms with Gasteiger partial charge in [-0.25, -0.2) is 0 Å². The average molecular weight is 243 g/mol. The molecule has 0 fully saturated rings. The van der Waals surface area contributed by atoms with Gasteiger partial charge in [-0.2, -0.15) is 13.2 Å². The van der Waals surface area contributed by atoms with Crippen LogP contribution in [-0.2, 0) is 13.2 Å². The number of hydrogen-bond acceptors (Lipinski definition) is 1. The second kappa shape index (κ2) is 3.98. The Morgan fingerprint density at radius 1 is 1.24 bits per heavy atom. The molecule has 1 aromatic heterocycles. The summed E-state index contributed by atoms with van der Waals surface area (Å²) in [6.45, 7) is 2.32.